The zero-order chi connectivity index (χ0) is 32.9. The number of carbonyl (C=O) groups excluding carboxylic acids is 6. The van der Waals surface area contributed by atoms with Crippen molar-refractivity contribution in [2.45, 2.75) is 86.7 Å². The van der Waals surface area contributed by atoms with Crippen LogP contribution in [0, 0.1) is 39.9 Å². The van der Waals surface area contributed by atoms with Crippen molar-refractivity contribution in [3.8, 4) is 5.75 Å². The highest BCUT2D eigenvalue weighted by molar-refractivity contribution is 6.32. The molecule has 1 aromatic rings. The van der Waals surface area contributed by atoms with E-state index in [1.54, 1.807) is 33.8 Å². The number of benzene rings is 1. The lowest BCUT2D eigenvalue weighted by molar-refractivity contribution is -0.205. The van der Waals surface area contributed by atoms with Crippen LogP contribution in [0.25, 0.3) is 5.57 Å². The summed E-state index contributed by atoms with van der Waals surface area (Å²) in [6.45, 7) is 13.9. The van der Waals surface area contributed by atoms with E-state index in [1.807, 2.05) is 32.9 Å². The van der Waals surface area contributed by atoms with Crippen LogP contribution in [0.1, 0.15) is 96.1 Å². The summed E-state index contributed by atoms with van der Waals surface area (Å²) in [5.74, 6) is -9.31. The molecule has 4 aliphatic carbocycles. The molecule has 8 heteroatoms. The van der Waals surface area contributed by atoms with Crippen LogP contribution in [0.5, 0.6) is 5.75 Å². The topological polar surface area (TPSA) is 143 Å². The van der Waals surface area contributed by atoms with Crippen LogP contribution in [-0.4, -0.2) is 50.5 Å². The third kappa shape index (κ3) is 4.27. The normalized spacial score (nSPS) is 33.5. The number of Topliss-reactive ketones (excluding diaryl/α,β-unsaturated/α-hetero) is 6. The lowest BCUT2D eigenvalue weighted by Crippen LogP contribution is -2.76. The van der Waals surface area contributed by atoms with Gasteiger partial charge >= 0.3 is 0 Å². The lowest BCUT2D eigenvalue weighted by atomic mass is 9.39. The quantitative estimate of drug-likeness (QED) is 0.457. The van der Waals surface area contributed by atoms with Crippen LogP contribution < -0.4 is 0 Å². The van der Waals surface area contributed by atoms with Gasteiger partial charge in [-0.3, -0.25) is 28.8 Å². The maximum atomic E-state index is 14.5. The Kier molecular flexibility index (Phi) is 7.24. The summed E-state index contributed by atoms with van der Waals surface area (Å²) in [4.78, 5) is 82.3. The number of aromatic hydroxyl groups is 1. The average Bonchev–Trinajstić information content (AvgIpc) is 3.35. The molecule has 0 amide bonds. The summed E-state index contributed by atoms with van der Waals surface area (Å²) in [5, 5.41) is 23.2. The number of carbonyl (C=O) groups is 6. The van der Waals surface area contributed by atoms with Crippen molar-refractivity contribution in [1.29, 1.82) is 0 Å². The van der Waals surface area contributed by atoms with Crippen LogP contribution >= 0.6 is 0 Å². The second-order valence-corrected chi connectivity index (χ2v) is 15.4. The zero-order valence-electron chi connectivity index (χ0n) is 26.8. The summed E-state index contributed by atoms with van der Waals surface area (Å²) in [5.41, 5.74) is -3.44. The van der Waals surface area contributed by atoms with Gasteiger partial charge in [-0.05, 0) is 65.7 Å². The molecule has 0 aliphatic heterocycles. The smallest absolute Gasteiger partial charge is 0.190 e. The van der Waals surface area contributed by atoms with E-state index in [-0.39, 0.29) is 35.4 Å². The van der Waals surface area contributed by atoms with Crippen molar-refractivity contribution >= 4 is 40.3 Å². The Bertz CT molecular complexity index is 1620. The van der Waals surface area contributed by atoms with Crippen molar-refractivity contribution in [2.24, 2.45) is 39.9 Å². The number of ketones is 6. The molecule has 0 heterocycles. The Morgan fingerprint density at radius 3 is 2.23 bits per heavy atom. The molecule has 44 heavy (non-hydrogen) atoms. The van der Waals surface area contributed by atoms with Gasteiger partial charge in [-0.25, -0.2) is 0 Å². The number of hydrogen-bond acceptors (Lipinski definition) is 8. The molecule has 0 bridgehead atoms. The monoisotopic (exact) mass is 602 g/mol. The maximum absolute atomic E-state index is 14.5. The standard InChI is InChI=1S/C36H42O8/c1-17(2)27-29(40)25(18(3)37)31(42)36(44)32(43)28-30(41)26-22(14-34(28,7)16-35(27,36)8)20(12-13-23(26)38)19-10-9-11-21(19)24(39)15-33(4,5)6/h10-13,17,25,27-28,38,44H,9,14-16H2,1-8H3/t25?,27?,28?,34-,35-,36+/m1/s1. The second kappa shape index (κ2) is 9.99. The molecule has 2 N–H and O–H groups in total. The van der Waals surface area contributed by atoms with Gasteiger partial charge in [0, 0.05) is 23.3 Å². The fourth-order valence-electron chi connectivity index (χ4n) is 9.00. The van der Waals surface area contributed by atoms with Crippen molar-refractivity contribution in [1.82, 2.24) is 0 Å². The van der Waals surface area contributed by atoms with E-state index in [2.05, 4.69) is 0 Å². The van der Waals surface area contributed by atoms with Crippen molar-refractivity contribution in [3.63, 3.8) is 0 Å². The van der Waals surface area contributed by atoms with Crippen molar-refractivity contribution in [2.75, 3.05) is 0 Å². The molecule has 234 valence electrons. The minimum absolute atomic E-state index is 0.0250. The van der Waals surface area contributed by atoms with Crippen LogP contribution in [-0.2, 0) is 30.4 Å². The van der Waals surface area contributed by atoms with E-state index in [1.165, 1.54) is 6.07 Å². The Hall–Kier alpha value is -3.52. The first-order valence-electron chi connectivity index (χ1n) is 15.4. The molecule has 0 saturated heterocycles. The molecule has 1 aromatic carbocycles. The molecular weight excluding hydrogens is 560 g/mol. The van der Waals surface area contributed by atoms with Gasteiger partial charge < -0.3 is 10.2 Å². The van der Waals surface area contributed by atoms with Gasteiger partial charge in [-0.2, -0.15) is 0 Å². The first-order valence-corrected chi connectivity index (χ1v) is 15.4. The molecule has 0 spiro atoms. The summed E-state index contributed by atoms with van der Waals surface area (Å²) in [6.07, 6.45) is 4.74. The Labute approximate surface area is 258 Å². The molecule has 0 radical (unpaired) electrons. The summed E-state index contributed by atoms with van der Waals surface area (Å²) < 4.78 is 0. The van der Waals surface area contributed by atoms with Crippen LogP contribution in [0.2, 0.25) is 0 Å². The summed E-state index contributed by atoms with van der Waals surface area (Å²) in [7, 11) is 0. The van der Waals surface area contributed by atoms with Gasteiger partial charge in [-0.1, -0.05) is 66.7 Å². The second-order valence-electron chi connectivity index (χ2n) is 15.4. The fraction of sp³-hybridized carbons (Fsp3) is 0.556. The lowest BCUT2D eigenvalue weighted by Gasteiger charge is -2.61. The van der Waals surface area contributed by atoms with Gasteiger partial charge in [0.05, 0.1) is 11.5 Å². The number of fused-ring (bicyclic) bond motifs is 3. The van der Waals surface area contributed by atoms with Gasteiger partial charge in [-0.15, -0.1) is 0 Å². The highest BCUT2D eigenvalue weighted by Crippen LogP contribution is 2.64. The number of phenolic OH excluding ortho intramolecular Hbond substituents is 1. The van der Waals surface area contributed by atoms with E-state index in [4.69, 9.17) is 0 Å². The number of rotatable bonds is 5. The largest absolute Gasteiger partial charge is 0.507 e. The first-order chi connectivity index (χ1) is 20.2. The first kappa shape index (κ1) is 31.9. The van der Waals surface area contributed by atoms with Gasteiger partial charge in [0.25, 0.3) is 0 Å². The molecule has 0 aromatic heterocycles. The number of hydrogen-bond donors (Lipinski definition) is 2. The van der Waals surface area contributed by atoms with E-state index in [9.17, 15) is 39.0 Å². The van der Waals surface area contributed by atoms with Crippen LogP contribution in [0.3, 0.4) is 0 Å². The van der Waals surface area contributed by atoms with Gasteiger partial charge in [0.2, 0.25) is 0 Å². The maximum Gasteiger partial charge on any atom is 0.190 e. The fourth-order valence-corrected chi connectivity index (χ4v) is 9.00. The molecule has 4 aliphatic rings. The third-order valence-electron chi connectivity index (χ3n) is 10.5. The minimum atomic E-state index is -2.74. The predicted octanol–water partition coefficient (Wildman–Crippen LogP) is 4.81. The minimum Gasteiger partial charge on any atom is -0.507 e. The van der Waals surface area contributed by atoms with Crippen molar-refractivity contribution in [3.05, 3.63) is 46.5 Å². The molecule has 2 saturated carbocycles. The third-order valence-corrected chi connectivity index (χ3v) is 10.5. The number of aliphatic hydroxyl groups is 1. The number of allylic oxidation sites excluding steroid dienone is 4. The molecule has 2 fully saturated rings. The van der Waals surface area contributed by atoms with E-state index >= 15 is 0 Å². The van der Waals surface area contributed by atoms with Gasteiger partial charge in [0.1, 0.15) is 17.5 Å². The molecule has 8 nitrogen and oxygen atoms in total. The molecule has 3 unspecified atom stereocenters. The highest BCUT2D eigenvalue weighted by atomic mass is 16.3. The number of phenols is 1. The van der Waals surface area contributed by atoms with Crippen LogP contribution in [0.15, 0.2) is 29.9 Å². The molecule has 6 atom stereocenters. The Morgan fingerprint density at radius 1 is 1.02 bits per heavy atom. The van der Waals surface area contributed by atoms with E-state index in [0.717, 1.165) is 6.92 Å². The average molecular weight is 603 g/mol. The summed E-state index contributed by atoms with van der Waals surface area (Å²) >= 11 is 0. The molecule has 5 rings (SSSR count). The van der Waals surface area contributed by atoms with Crippen molar-refractivity contribution < 1.29 is 39.0 Å². The zero-order valence-corrected chi connectivity index (χ0v) is 26.8. The van der Waals surface area contributed by atoms with E-state index in [0.29, 0.717) is 35.1 Å². The Morgan fingerprint density at radius 2 is 1.66 bits per heavy atom. The van der Waals surface area contributed by atoms with Crippen LogP contribution in [0.4, 0.5) is 0 Å². The molecular formula is C36H42O8. The SMILES string of the molecule is CC(=O)C1C(=O)C(C(C)C)[C@@]2(C)C[C@@]3(C)Cc4c(C5=CCC=C5C(=O)CC(C)(C)C)ccc(O)c4C(=O)C3C(=O)[C@@]2(O)C1=O. The highest BCUT2D eigenvalue weighted by Gasteiger charge is 2.76. The Balaban J connectivity index is 1.68. The predicted molar refractivity (Wildman–Crippen MR) is 163 cm³/mol. The van der Waals surface area contributed by atoms with Gasteiger partial charge in [0.15, 0.2) is 34.5 Å². The summed E-state index contributed by atoms with van der Waals surface area (Å²) in [6, 6.07) is 3.06. The van der Waals surface area contributed by atoms with E-state index < -0.39 is 69.0 Å².